The summed E-state index contributed by atoms with van der Waals surface area (Å²) in [5.74, 6) is -0.483. The molecule has 2 aromatic rings. The lowest BCUT2D eigenvalue weighted by atomic mass is 10.2. The number of piperazine rings is 1. The van der Waals surface area contributed by atoms with E-state index in [9.17, 15) is 21.6 Å². The minimum atomic E-state index is -3.69. The van der Waals surface area contributed by atoms with Crippen LogP contribution in [0.5, 0.6) is 0 Å². The summed E-state index contributed by atoms with van der Waals surface area (Å²) < 4.78 is 56.4. The number of hydrogen-bond donors (Lipinski definition) is 0. The first-order valence-corrected chi connectivity index (χ1v) is 13.0. The molecule has 2 saturated heterocycles. The van der Waals surface area contributed by atoms with Gasteiger partial charge in [0.15, 0.2) is 15.6 Å². The summed E-state index contributed by atoms with van der Waals surface area (Å²) in [5, 5.41) is -0.0751. The Kier molecular flexibility index (Phi) is 5.05. The Hall–Kier alpha value is -1.43. The number of sulfone groups is 1. The lowest BCUT2D eigenvalue weighted by Gasteiger charge is -2.34. The van der Waals surface area contributed by atoms with E-state index in [2.05, 4.69) is 15.9 Å². The second kappa shape index (κ2) is 7.12. The molecule has 152 valence electrons. The largest absolute Gasteiger partial charge is 0.450 e. The standard InChI is InChI=1S/C17H19BrN2O6S2/c18-14-3-1-2-12-10-15(26-16(12)14)17(21)19-5-7-20(8-6-19)28(24,25)13-4-9-27(22,23)11-13/h1-3,10,13H,4-9,11H2. The van der Waals surface area contributed by atoms with E-state index in [-0.39, 0.29) is 55.8 Å². The maximum Gasteiger partial charge on any atom is 0.289 e. The van der Waals surface area contributed by atoms with Crippen molar-refractivity contribution >= 4 is 52.7 Å². The first kappa shape index (κ1) is 19.9. The SMILES string of the molecule is O=C(c1cc2cccc(Br)c2o1)N1CCN(S(=O)(=O)C2CCS(=O)(=O)C2)CC1. The molecule has 1 unspecified atom stereocenters. The summed E-state index contributed by atoms with van der Waals surface area (Å²) >= 11 is 3.39. The van der Waals surface area contributed by atoms with Gasteiger partial charge in [0, 0.05) is 31.6 Å². The molecular weight excluding hydrogens is 472 g/mol. The molecule has 1 atom stereocenters. The van der Waals surface area contributed by atoms with Crippen LogP contribution in [0.15, 0.2) is 33.2 Å². The molecule has 28 heavy (non-hydrogen) atoms. The number of fused-ring (bicyclic) bond motifs is 1. The molecule has 0 radical (unpaired) electrons. The molecule has 2 aliphatic rings. The van der Waals surface area contributed by atoms with Crippen LogP contribution in [0.2, 0.25) is 0 Å². The monoisotopic (exact) mass is 490 g/mol. The molecule has 0 bridgehead atoms. The van der Waals surface area contributed by atoms with Crippen molar-refractivity contribution in [3.63, 3.8) is 0 Å². The van der Waals surface area contributed by atoms with Gasteiger partial charge in [-0.15, -0.1) is 0 Å². The number of halogens is 1. The van der Waals surface area contributed by atoms with E-state index in [0.29, 0.717) is 5.58 Å². The number of carbonyl (C=O) groups excluding carboxylic acids is 1. The first-order chi connectivity index (χ1) is 13.2. The van der Waals surface area contributed by atoms with Gasteiger partial charge in [0.25, 0.3) is 5.91 Å². The van der Waals surface area contributed by atoms with Gasteiger partial charge in [-0.2, -0.15) is 4.31 Å². The van der Waals surface area contributed by atoms with Gasteiger partial charge < -0.3 is 9.32 Å². The number of carbonyl (C=O) groups is 1. The average molecular weight is 491 g/mol. The van der Waals surface area contributed by atoms with Crippen molar-refractivity contribution in [1.29, 1.82) is 0 Å². The minimum Gasteiger partial charge on any atom is -0.450 e. The predicted octanol–water partition coefficient (Wildman–Crippen LogP) is 1.47. The zero-order valence-corrected chi connectivity index (χ0v) is 18.1. The van der Waals surface area contributed by atoms with E-state index in [1.165, 1.54) is 4.31 Å². The minimum absolute atomic E-state index is 0.0863. The molecule has 0 spiro atoms. The van der Waals surface area contributed by atoms with Gasteiger partial charge in [0.1, 0.15) is 5.58 Å². The fourth-order valence-electron chi connectivity index (χ4n) is 3.64. The van der Waals surface area contributed by atoms with E-state index in [4.69, 9.17) is 4.42 Å². The molecule has 4 rings (SSSR count). The molecule has 0 aliphatic carbocycles. The summed E-state index contributed by atoms with van der Waals surface area (Å²) in [6, 6.07) is 7.20. The molecular formula is C17H19BrN2O6S2. The number of amides is 1. The van der Waals surface area contributed by atoms with Gasteiger partial charge in [-0.3, -0.25) is 4.79 Å². The first-order valence-electron chi connectivity index (χ1n) is 8.84. The molecule has 8 nitrogen and oxygen atoms in total. The molecule has 2 fully saturated rings. The number of sulfonamides is 1. The Morgan fingerprint density at radius 1 is 1.18 bits per heavy atom. The molecule has 2 aliphatic heterocycles. The highest BCUT2D eigenvalue weighted by molar-refractivity contribution is 9.10. The van der Waals surface area contributed by atoms with Crippen molar-refractivity contribution < 1.29 is 26.0 Å². The van der Waals surface area contributed by atoms with Gasteiger partial charge in [0.2, 0.25) is 10.0 Å². The topological polar surface area (TPSA) is 105 Å². The highest BCUT2D eigenvalue weighted by Gasteiger charge is 2.41. The van der Waals surface area contributed by atoms with Crippen molar-refractivity contribution in [2.75, 3.05) is 37.7 Å². The second-order valence-electron chi connectivity index (χ2n) is 7.03. The van der Waals surface area contributed by atoms with Crippen molar-refractivity contribution in [2.45, 2.75) is 11.7 Å². The Labute approximate surface area is 171 Å². The summed E-state index contributed by atoms with van der Waals surface area (Å²) in [6.07, 6.45) is 0.137. The van der Waals surface area contributed by atoms with E-state index in [0.717, 1.165) is 9.86 Å². The van der Waals surface area contributed by atoms with Crippen LogP contribution in [-0.2, 0) is 19.9 Å². The fourth-order valence-corrected chi connectivity index (χ4v) is 8.62. The normalized spacial score (nSPS) is 23.3. The van der Waals surface area contributed by atoms with Crippen LogP contribution < -0.4 is 0 Å². The van der Waals surface area contributed by atoms with Gasteiger partial charge in [-0.05, 0) is 34.5 Å². The number of nitrogens with zero attached hydrogens (tertiary/aromatic N) is 2. The van der Waals surface area contributed by atoms with Crippen molar-refractivity contribution in [3.05, 3.63) is 34.5 Å². The number of hydrogen-bond acceptors (Lipinski definition) is 6. The summed E-state index contributed by atoms with van der Waals surface area (Å²) in [4.78, 5) is 14.3. The number of rotatable bonds is 3. The van der Waals surface area contributed by atoms with Crippen LogP contribution in [0.25, 0.3) is 11.0 Å². The molecule has 11 heteroatoms. The van der Waals surface area contributed by atoms with Crippen LogP contribution in [0.3, 0.4) is 0 Å². The molecule has 1 amide bonds. The third kappa shape index (κ3) is 3.60. The zero-order valence-electron chi connectivity index (χ0n) is 14.9. The molecule has 0 saturated carbocycles. The maximum absolute atomic E-state index is 12.7. The van der Waals surface area contributed by atoms with Gasteiger partial charge in [0.05, 0.1) is 21.2 Å². The van der Waals surface area contributed by atoms with Crippen molar-refractivity contribution in [2.24, 2.45) is 0 Å². The number of benzene rings is 1. The van der Waals surface area contributed by atoms with E-state index in [1.54, 1.807) is 11.0 Å². The lowest BCUT2D eigenvalue weighted by molar-refractivity contribution is 0.0668. The quantitative estimate of drug-likeness (QED) is 0.644. The number of furan rings is 1. The van der Waals surface area contributed by atoms with E-state index >= 15 is 0 Å². The highest BCUT2D eigenvalue weighted by atomic mass is 79.9. The highest BCUT2D eigenvalue weighted by Crippen LogP contribution is 2.28. The Morgan fingerprint density at radius 3 is 2.50 bits per heavy atom. The Morgan fingerprint density at radius 2 is 1.89 bits per heavy atom. The maximum atomic E-state index is 12.7. The lowest BCUT2D eigenvalue weighted by Crippen LogP contribution is -2.52. The van der Waals surface area contributed by atoms with Crippen LogP contribution in [0, 0.1) is 0 Å². The Bertz CT molecular complexity index is 1130. The second-order valence-corrected chi connectivity index (χ2v) is 12.3. The number of para-hydroxylation sites is 1. The fraction of sp³-hybridized carbons (Fsp3) is 0.471. The molecule has 0 N–H and O–H groups in total. The smallest absolute Gasteiger partial charge is 0.289 e. The van der Waals surface area contributed by atoms with Crippen LogP contribution in [0.4, 0.5) is 0 Å². The van der Waals surface area contributed by atoms with Gasteiger partial charge in [-0.25, -0.2) is 16.8 Å². The average Bonchev–Trinajstić information content (AvgIpc) is 3.25. The molecule has 1 aromatic carbocycles. The van der Waals surface area contributed by atoms with Gasteiger partial charge >= 0.3 is 0 Å². The third-order valence-corrected chi connectivity index (χ3v) is 10.1. The molecule has 3 heterocycles. The van der Waals surface area contributed by atoms with Gasteiger partial charge in [-0.1, -0.05) is 12.1 Å². The van der Waals surface area contributed by atoms with Crippen LogP contribution >= 0.6 is 15.9 Å². The summed E-state index contributed by atoms with van der Waals surface area (Å²) in [7, 11) is -6.97. The molecule has 1 aromatic heterocycles. The van der Waals surface area contributed by atoms with E-state index < -0.39 is 25.1 Å². The summed E-state index contributed by atoms with van der Waals surface area (Å²) in [5.41, 5.74) is 0.592. The third-order valence-electron chi connectivity index (χ3n) is 5.20. The zero-order chi connectivity index (χ0) is 20.1. The van der Waals surface area contributed by atoms with Crippen molar-refractivity contribution in [3.8, 4) is 0 Å². The summed E-state index contributed by atoms with van der Waals surface area (Å²) in [6.45, 7) is 0.759. The van der Waals surface area contributed by atoms with Crippen LogP contribution in [-0.4, -0.2) is 74.9 Å². The van der Waals surface area contributed by atoms with E-state index in [1.807, 2.05) is 18.2 Å². The predicted molar refractivity (Wildman–Crippen MR) is 107 cm³/mol. The van der Waals surface area contributed by atoms with Crippen LogP contribution in [0.1, 0.15) is 17.0 Å². The Balaban J connectivity index is 1.45. The van der Waals surface area contributed by atoms with Crippen molar-refractivity contribution in [1.82, 2.24) is 9.21 Å².